The van der Waals surface area contributed by atoms with Crippen molar-refractivity contribution in [3.05, 3.63) is 58.1 Å². The largest absolute Gasteiger partial charge is 0.483 e. The van der Waals surface area contributed by atoms with Gasteiger partial charge in [0.2, 0.25) is 0 Å². The van der Waals surface area contributed by atoms with Crippen LogP contribution in [0.5, 0.6) is 5.75 Å². The monoisotopic (exact) mass is 377 g/mol. The summed E-state index contributed by atoms with van der Waals surface area (Å²) in [5.74, 6) is 0.384. The number of hydrogen-bond acceptors (Lipinski definition) is 3. The van der Waals surface area contributed by atoms with Crippen molar-refractivity contribution < 1.29 is 9.53 Å². The highest BCUT2D eigenvalue weighted by Gasteiger charge is 2.08. The topological polar surface area (TPSA) is 62.4 Å². The van der Waals surface area contributed by atoms with Gasteiger partial charge in [-0.05, 0) is 62.3 Å². The summed E-state index contributed by atoms with van der Waals surface area (Å²) in [6, 6.07) is 11.1. The van der Waals surface area contributed by atoms with Gasteiger partial charge >= 0.3 is 0 Å². The van der Waals surface area contributed by atoms with Gasteiger partial charge in [0.25, 0.3) is 5.91 Å². The van der Waals surface area contributed by atoms with Crippen LogP contribution in [-0.4, -0.2) is 17.6 Å². The Morgan fingerprint density at radius 2 is 1.80 bits per heavy atom. The van der Waals surface area contributed by atoms with Gasteiger partial charge in [-0.3, -0.25) is 15.6 Å². The number of carbonyl (C=O) groups is 1. The van der Waals surface area contributed by atoms with E-state index in [1.165, 1.54) is 0 Å². The molecule has 0 heterocycles. The fraction of sp³-hybridized carbons (Fsp3) is 0.222. The number of benzene rings is 2. The third-order valence-corrected chi connectivity index (χ3v) is 3.79. The normalized spacial score (nSPS) is 10.1. The minimum Gasteiger partial charge on any atom is -0.483 e. The number of anilines is 1. The summed E-state index contributed by atoms with van der Waals surface area (Å²) in [4.78, 5) is 11.9. The van der Waals surface area contributed by atoms with Gasteiger partial charge in [-0.25, -0.2) is 0 Å². The van der Waals surface area contributed by atoms with Crippen LogP contribution in [0, 0.1) is 20.8 Å². The summed E-state index contributed by atoms with van der Waals surface area (Å²) in [5.41, 5.74) is 8.99. The molecule has 0 radical (unpaired) electrons. The minimum atomic E-state index is -0.338. The maximum atomic E-state index is 11.9. The molecule has 0 bridgehead atoms. The van der Waals surface area contributed by atoms with Gasteiger partial charge in [-0.15, -0.1) is 0 Å². The second-order valence-electron chi connectivity index (χ2n) is 5.65. The van der Waals surface area contributed by atoms with Crippen LogP contribution in [0.25, 0.3) is 0 Å². The molecule has 1 amide bonds. The van der Waals surface area contributed by atoms with Crippen molar-refractivity contribution in [3.8, 4) is 5.75 Å². The second kappa shape index (κ2) is 8.69. The van der Waals surface area contributed by atoms with Gasteiger partial charge in [0, 0.05) is 10.7 Å². The number of ether oxygens (including phenoxy) is 1. The Labute approximate surface area is 157 Å². The lowest BCUT2D eigenvalue weighted by atomic mass is 10.1. The Bertz CT molecular complexity index is 773. The van der Waals surface area contributed by atoms with Crippen LogP contribution < -0.4 is 20.9 Å². The average molecular weight is 378 g/mol. The fourth-order valence-corrected chi connectivity index (χ4v) is 2.78. The molecule has 0 spiro atoms. The third-order valence-electron chi connectivity index (χ3n) is 3.35. The third kappa shape index (κ3) is 5.92. The van der Waals surface area contributed by atoms with Gasteiger partial charge < -0.3 is 10.1 Å². The van der Waals surface area contributed by atoms with E-state index in [0.29, 0.717) is 5.02 Å². The van der Waals surface area contributed by atoms with Crippen LogP contribution in [-0.2, 0) is 4.79 Å². The van der Waals surface area contributed by atoms with Crippen LogP contribution in [0.2, 0.25) is 5.02 Å². The van der Waals surface area contributed by atoms with E-state index in [2.05, 4.69) is 16.2 Å². The van der Waals surface area contributed by atoms with Crippen molar-refractivity contribution in [2.45, 2.75) is 20.8 Å². The smallest absolute Gasteiger partial charge is 0.276 e. The first-order valence-corrected chi connectivity index (χ1v) is 8.46. The molecule has 132 valence electrons. The number of rotatable bonds is 4. The van der Waals surface area contributed by atoms with Crippen molar-refractivity contribution in [1.82, 2.24) is 10.9 Å². The summed E-state index contributed by atoms with van der Waals surface area (Å²) < 4.78 is 5.62. The molecule has 2 aromatic carbocycles. The molecule has 2 aromatic rings. The lowest BCUT2D eigenvalue weighted by Gasteiger charge is -2.14. The Kier molecular flexibility index (Phi) is 6.61. The zero-order valence-corrected chi connectivity index (χ0v) is 15.8. The summed E-state index contributed by atoms with van der Waals surface area (Å²) in [6.45, 7) is 5.82. The van der Waals surface area contributed by atoms with Crippen molar-refractivity contribution in [1.29, 1.82) is 0 Å². The Morgan fingerprint density at radius 3 is 2.44 bits per heavy atom. The maximum Gasteiger partial charge on any atom is 0.276 e. The molecule has 0 fully saturated rings. The standard InChI is InChI=1S/C18H20ClN3O2S/c1-11-7-12(2)17(13(3)8-11)24-10-16(23)21-22-18(25)20-15-6-4-5-14(19)9-15/h4-9H,10H2,1-3H3,(H,21,23)(H2,20,22,25). The van der Waals surface area contributed by atoms with Gasteiger partial charge in [0.15, 0.2) is 11.7 Å². The minimum absolute atomic E-state index is 0.114. The van der Waals surface area contributed by atoms with Crippen molar-refractivity contribution >= 4 is 40.5 Å². The van der Waals surface area contributed by atoms with Gasteiger partial charge in [0.1, 0.15) is 5.75 Å². The summed E-state index contributed by atoms with van der Waals surface area (Å²) in [6.07, 6.45) is 0. The molecule has 0 aliphatic carbocycles. The molecule has 0 unspecified atom stereocenters. The van der Waals surface area contributed by atoms with E-state index < -0.39 is 0 Å². The number of aryl methyl sites for hydroxylation is 3. The maximum absolute atomic E-state index is 11.9. The Morgan fingerprint density at radius 1 is 1.12 bits per heavy atom. The van der Waals surface area contributed by atoms with E-state index in [1.54, 1.807) is 18.2 Å². The lowest BCUT2D eigenvalue weighted by Crippen LogP contribution is -2.45. The van der Waals surface area contributed by atoms with E-state index in [9.17, 15) is 4.79 Å². The van der Waals surface area contributed by atoms with Crippen LogP contribution in [0.15, 0.2) is 36.4 Å². The van der Waals surface area contributed by atoms with E-state index in [-0.39, 0.29) is 17.6 Å². The first kappa shape index (κ1) is 19.0. The van der Waals surface area contributed by atoms with E-state index in [1.807, 2.05) is 39.0 Å². The van der Waals surface area contributed by atoms with Gasteiger partial charge in [-0.2, -0.15) is 0 Å². The number of thiocarbonyl (C=S) groups is 1. The summed E-state index contributed by atoms with van der Waals surface area (Å²) in [5, 5.41) is 3.76. The molecule has 5 nitrogen and oxygen atoms in total. The number of halogens is 1. The first-order valence-electron chi connectivity index (χ1n) is 7.67. The molecule has 0 saturated heterocycles. The average Bonchev–Trinajstić information content (AvgIpc) is 2.52. The summed E-state index contributed by atoms with van der Waals surface area (Å²) in [7, 11) is 0. The molecule has 3 N–H and O–H groups in total. The fourth-order valence-electron chi connectivity index (χ4n) is 2.42. The predicted octanol–water partition coefficient (Wildman–Crippen LogP) is 3.66. The highest BCUT2D eigenvalue weighted by atomic mass is 35.5. The zero-order valence-electron chi connectivity index (χ0n) is 14.3. The molecule has 25 heavy (non-hydrogen) atoms. The molecule has 0 atom stereocenters. The number of hydrogen-bond donors (Lipinski definition) is 3. The van der Waals surface area contributed by atoms with Crippen LogP contribution >= 0.6 is 23.8 Å². The number of nitrogens with one attached hydrogen (secondary N) is 3. The first-order chi connectivity index (χ1) is 11.8. The molecular formula is C18H20ClN3O2S. The SMILES string of the molecule is Cc1cc(C)c(OCC(=O)NNC(=S)Nc2cccc(Cl)c2)c(C)c1. The van der Waals surface area contributed by atoms with Gasteiger partial charge in [-0.1, -0.05) is 35.4 Å². The summed E-state index contributed by atoms with van der Waals surface area (Å²) >= 11 is 11.0. The van der Waals surface area contributed by atoms with E-state index in [0.717, 1.165) is 28.1 Å². The Balaban J connectivity index is 1.80. The quantitative estimate of drug-likeness (QED) is 0.560. The molecule has 0 saturated carbocycles. The molecular weight excluding hydrogens is 358 g/mol. The van der Waals surface area contributed by atoms with Crippen LogP contribution in [0.1, 0.15) is 16.7 Å². The zero-order chi connectivity index (χ0) is 18.4. The van der Waals surface area contributed by atoms with Gasteiger partial charge in [0.05, 0.1) is 0 Å². The predicted molar refractivity (Wildman–Crippen MR) is 105 cm³/mol. The molecule has 0 aliphatic heterocycles. The highest BCUT2D eigenvalue weighted by molar-refractivity contribution is 7.80. The van der Waals surface area contributed by atoms with E-state index >= 15 is 0 Å². The lowest BCUT2D eigenvalue weighted by molar-refractivity contribution is -0.123. The Hall–Kier alpha value is -2.31. The van der Waals surface area contributed by atoms with Crippen LogP contribution in [0.4, 0.5) is 5.69 Å². The molecule has 0 aliphatic rings. The number of carbonyl (C=O) groups excluding carboxylic acids is 1. The molecule has 2 rings (SSSR count). The second-order valence-corrected chi connectivity index (χ2v) is 6.50. The van der Waals surface area contributed by atoms with Crippen molar-refractivity contribution in [2.24, 2.45) is 0 Å². The number of amides is 1. The molecule has 7 heteroatoms. The number of hydrazine groups is 1. The highest BCUT2D eigenvalue weighted by Crippen LogP contribution is 2.24. The van der Waals surface area contributed by atoms with Crippen LogP contribution in [0.3, 0.4) is 0 Å². The van der Waals surface area contributed by atoms with Crippen molar-refractivity contribution in [2.75, 3.05) is 11.9 Å². The van der Waals surface area contributed by atoms with Crippen molar-refractivity contribution in [3.63, 3.8) is 0 Å². The van der Waals surface area contributed by atoms with E-state index in [4.69, 9.17) is 28.6 Å². The molecule has 0 aromatic heterocycles.